The monoisotopic (exact) mass is 733 g/mol. The zero-order valence-electron chi connectivity index (χ0n) is 30.9. The van der Waals surface area contributed by atoms with E-state index < -0.39 is 56.0 Å². The number of rotatable bonds is 8. The molecule has 2 saturated carbocycles. The Morgan fingerprint density at radius 2 is 1.98 bits per heavy atom. The number of fused-ring (bicyclic) bond motifs is 3. The van der Waals surface area contributed by atoms with Gasteiger partial charge < -0.3 is 19.1 Å². The van der Waals surface area contributed by atoms with E-state index in [1.807, 2.05) is 58.0 Å². The molecular formula is C40H51N3O8S. The third-order valence-electron chi connectivity index (χ3n) is 11.1. The van der Waals surface area contributed by atoms with Crippen molar-refractivity contribution in [2.45, 2.75) is 90.0 Å². The zero-order valence-corrected chi connectivity index (χ0v) is 31.7. The molecule has 3 heterocycles. The minimum atomic E-state index is -3.77. The second-order valence-corrected chi connectivity index (χ2v) is 18.1. The third-order valence-corrected chi connectivity index (χ3v) is 12.9. The van der Waals surface area contributed by atoms with Gasteiger partial charge in [0.25, 0.3) is 0 Å². The predicted molar refractivity (Wildman–Crippen MR) is 199 cm³/mol. The summed E-state index contributed by atoms with van der Waals surface area (Å²) in [5, 5.41) is 1.13. The summed E-state index contributed by atoms with van der Waals surface area (Å²) in [5.41, 5.74) is -0.175. The van der Waals surface area contributed by atoms with Gasteiger partial charge in [-0.3, -0.25) is 19.1 Å². The SMILES string of the molecule is C=C[C@H]1C[C@]1(CC(=C)[C@@H]1C[C@@H]2CN1C(=O)[C@H](C(C)(C)C)CC(=O)OC[C@H](C)C/C=C/c1cc3c(nccc3cc1OC)O2)C(=O)NS(=O)(=O)C1CC1. The van der Waals surface area contributed by atoms with Gasteiger partial charge >= 0.3 is 5.97 Å². The predicted octanol–water partition coefficient (Wildman–Crippen LogP) is 5.99. The van der Waals surface area contributed by atoms with Crippen molar-refractivity contribution in [1.29, 1.82) is 0 Å². The average Bonchev–Trinajstić information content (AvgIpc) is 4.02. The van der Waals surface area contributed by atoms with Crippen LogP contribution < -0.4 is 14.2 Å². The molecular weight excluding hydrogens is 683 g/mol. The molecule has 3 fully saturated rings. The molecule has 4 aliphatic rings. The van der Waals surface area contributed by atoms with Crippen LogP contribution >= 0.6 is 0 Å². The molecule has 2 amide bonds. The fraction of sp³-hybridized carbons (Fsp3) is 0.550. The van der Waals surface area contributed by atoms with Crippen LogP contribution in [0.4, 0.5) is 0 Å². The van der Waals surface area contributed by atoms with Crippen molar-refractivity contribution in [3.63, 3.8) is 0 Å². The first kappa shape index (κ1) is 37.6. The van der Waals surface area contributed by atoms with Crippen LogP contribution in [0, 0.1) is 28.6 Å². The Bertz CT molecular complexity index is 1910. The van der Waals surface area contributed by atoms with Gasteiger partial charge in [0.2, 0.25) is 27.7 Å². The van der Waals surface area contributed by atoms with E-state index in [-0.39, 0.29) is 43.7 Å². The molecule has 6 rings (SSSR count). The molecule has 11 nitrogen and oxygen atoms in total. The number of ether oxygens (including phenoxy) is 3. The fourth-order valence-corrected chi connectivity index (χ4v) is 8.97. The summed E-state index contributed by atoms with van der Waals surface area (Å²) in [4.78, 5) is 48.0. The Morgan fingerprint density at radius 3 is 2.63 bits per heavy atom. The maximum atomic E-state index is 14.7. The van der Waals surface area contributed by atoms with Crippen LogP contribution in [-0.2, 0) is 29.1 Å². The number of nitrogens with one attached hydrogen (secondary N) is 1. The molecule has 52 heavy (non-hydrogen) atoms. The minimum Gasteiger partial charge on any atom is -0.496 e. The van der Waals surface area contributed by atoms with Crippen molar-refractivity contribution < 1.29 is 37.0 Å². The van der Waals surface area contributed by atoms with Crippen LogP contribution in [0.1, 0.15) is 78.2 Å². The number of sulfonamides is 1. The van der Waals surface area contributed by atoms with Gasteiger partial charge in [-0.25, -0.2) is 13.4 Å². The number of amides is 2. The van der Waals surface area contributed by atoms with E-state index in [0.717, 1.165) is 16.3 Å². The van der Waals surface area contributed by atoms with E-state index >= 15 is 0 Å². The number of allylic oxidation sites excluding steroid dienone is 2. The highest BCUT2D eigenvalue weighted by Crippen LogP contribution is 2.58. The van der Waals surface area contributed by atoms with Gasteiger partial charge in [-0.15, -0.1) is 6.58 Å². The summed E-state index contributed by atoms with van der Waals surface area (Å²) in [6.45, 7) is 16.5. The molecule has 2 aliphatic carbocycles. The van der Waals surface area contributed by atoms with Crippen LogP contribution in [0.3, 0.4) is 0 Å². The van der Waals surface area contributed by atoms with Crippen LogP contribution in [0.5, 0.6) is 11.6 Å². The second-order valence-electron chi connectivity index (χ2n) is 16.2. The number of pyridine rings is 1. The van der Waals surface area contributed by atoms with Crippen molar-refractivity contribution in [2.75, 3.05) is 20.3 Å². The van der Waals surface area contributed by atoms with Gasteiger partial charge in [0.05, 0.1) is 49.3 Å². The molecule has 6 atom stereocenters. The zero-order chi connectivity index (χ0) is 37.6. The first-order valence-corrected chi connectivity index (χ1v) is 19.7. The summed E-state index contributed by atoms with van der Waals surface area (Å²) < 4.78 is 46.0. The molecule has 2 aromatic rings. The molecule has 1 aromatic carbocycles. The number of cyclic esters (lactones) is 1. The number of nitrogens with zero attached hydrogens (tertiary/aromatic N) is 2. The van der Waals surface area contributed by atoms with Gasteiger partial charge in [0.1, 0.15) is 11.9 Å². The summed E-state index contributed by atoms with van der Waals surface area (Å²) in [5.74, 6) is -1.05. The third kappa shape index (κ3) is 7.77. The smallest absolute Gasteiger partial charge is 0.306 e. The quantitative estimate of drug-likeness (QED) is 0.256. The number of aromatic nitrogens is 1. The first-order chi connectivity index (χ1) is 24.6. The topological polar surface area (TPSA) is 141 Å². The van der Waals surface area contributed by atoms with Gasteiger partial charge in [-0.2, -0.15) is 0 Å². The number of methoxy groups -OCH3 is 1. The summed E-state index contributed by atoms with van der Waals surface area (Å²) >= 11 is 0. The van der Waals surface area contributed by atoms with Crippen molar-refractivity contribution in [2.24, 2.45) is 28.6 Å². The number of hydrogen-bond acceptors (Lipinski definition) is 9. The molecule has 0 radical (unpaired) electrons. The van der Waals surface area contributed by atoms with Gasteiger partial charge in [0, 0.05) is 23.6 Å². The lowest BCUT2D eigenvalue weighted by Crippen LogP contribution is -2.46. The molecule has 12 heteroatoms. The number of carbonyl (C=O) groups excluding carboxylic acids is 3. The summed E-state index contributed by atoms with van der Waals surface area (Å²) in [7, 11) is -2.14. The van der Waals surface area contributed by atoms with Gasteiger partial charge in [0.15, 0.2) is 0 Å². The van der Waals surface area contributed by atoms with E-state index in [0.29, 0.717) is 49.3 Å². The van der Waals surface area contributed by atoms with Gasteiger partial charge in [-0.05, 0) is 72.9 Å². The Balaban J connectivity index is 1.36. The van der Waals surface area contributed by atoms with Crippen LogP contribution in [0.25, 0.3) is 16.8 Å². The normalized spacial score (nSPS) is 29.0. The van der Waals surface area contributed by atoms with Crippen LogP contribution in [-0.4, -0.2) is 73.7 Å². The lowest BCUT2D eigenvalue weighted by atomic mass is 9.77. The maximum absolute atomic E-state index is 14.7. The lowest BCUT2D eigenvalue weighted by molar-refractivity contribution is -0.153. The van der Waals surface area contributed by atoms with Crippen molar-refractivity contribution >= 4 is 44.7 Å². The average molecular weight is 734 g/mol. The molecule has 1 aromatic heterocycles. The number of hydrogen-bond donors (Lipinski definition) is 1. The van der Waals surface area contributed by atoms with Crippen molar-refractivity contribution in [3.05, 3.63) is 60.8 Å². The Labute approximate surface area is 306 Å². The molecule has 0 unspecified atom stereocenters. The van der Waals surface area contributed by atoms with E-state index in [9.17, 15) is 22.8 Å². The summed E-state index contributed by atoms with van der Waals surface area (Å²) in [6.07, 6.45) is 9.46. The minimum absolute atomic E-state index is 0.0347. The van der Waals surface area contributed by atoms with E-state index in [1.165, 1.54) is 0 Å². The largest absolute Gasteiger partial charge is 0.496 e. The molecule has 0 spiro atoms. The van der Waals surface area contributed by atoms with Crippen LogP contribution in [0.2, 0.25) is 0 Å². The molecule has 1 N–H and O–H groups in total. The molecule has 4 bridgehead atoms. The fourth-order valence-electron chi connectivity index (χ4n) is 7.59. The highest BCUT2D eigenvalue weighted by molar-refractivity contribution is 7.90. The standard InChI is InChI=1S/C40H51N3O8S/c1-8-28-21-40(28,38(46)42-52(47,48)30-12-13-30)20-25(3)33-18-29-22-43(33)37(45)32(39(4,5)6)19-35(44)50-23-24(2)10-9-11-27-16-31-26(17-34(27)49-7)14-15-41-36(31)51-29/h8-9,11,14-17,24,28-30,32-33H,1,3,10,12-13,18-23H2,2,4-7H3,(H,42,46)/b11-9+/t24-,28+,29-,32-,33+,40+/m1/s1. The number of esters is 1. The second kappa shape index (κ2) is 14.3. The molecule has 2 aliphatic heterocycles. The first-order valence-electron chi connectivity index (χ1n) is 18.2. The maximum Gasteiger partial charge on any atom is 0.306 e. The summed E-state index contributed by atoms with van der Waals surface area (Å²) in [6, 6.07) is 5.26. The Morgan fingerprint density at radius 1 is 1.23 bits per heavy atom. The Kier molecular flexibility index (Phi) is 10.3. The lowest BCUT2D eigenvalue weighted by Gasteiger charge is -2.36. The molecule has 1 saturated heterocycles. The van der Waals surface area contributed by atoms with E-state index in [2.05, 4.69) is 22.9 Å². The van der Waals surface area contributed by atoms with E-state index in [4.69, 9.17) is 14.2 Å². The van der Waals surface area contributed by atoms with Crippen LogP contribution in [0.15, 0.2) is 55.3 Å². The Hall–Kier alpha value is -4.19. The van der Waals surface area contributed by atoms with Crippen molar-refractivity contribution in [3.8, 4) is 11.6 Å². The van der Waals surface area contributed by atoms with Crippen molar-refractivity contribution in [1.82, 2.24) is 14.6 Å². The molecule has 280 valence electrons. The highest BCUT2D eigenvalue weighted by atomic mass is 32.2. The van der Waals surface area contributed by atoms with Gasteiger partial charge in [-0.1, -0.05) is 58.1 Å². The number of carbonyl (C=O) groups is 3. The van der Waals surface area contributed by atoms with E-state index in [1.54, 1.807) is 24.3 Å². The highest BCUT2D eigenvalue weighted by Gasteiger charge is 2.60. The number of benzene rings is 1.